The standard InChI is InChI=1S/C62H41N3/c1-6-19-42(20-7-1)51-37-54(43-21-8-2-9-22-43)61(45-25-12-4-13-26-45)55(38-51)48-29-18-30-49(35-48)58-41-57(44-23-10-3-11-24-44)63-62(64-58)50-33-34-53-56-36-46-27-16-17-28-47(46)39-60(56)65(59(53)40-50)52-31-14-5-15-32-52/h1-41H. The molecule has 10 aromatic carbocycles. The molecular weight excluding hydrogens is 787 g/mol. The van der Waals surface area contributed by atoms with Gasteiger partial charge in [0.25, 0.3) is 0 Å². The van der Waals surface area contributed by atoms with E-state index in [0.717, 1.165) is 56.0 Å². The molecule has 0 unspecified atom stereocenters. The summed E-state index contributed by atoms with van der Waals surface area (Å²) in [4.78, 5) is 10.7. The van der Waals surface area contributed by atoms with Crippen LogP contribution in [0.1, 0.15) is 0 Å². The van der Waals surface area contributed by atoms with E-state index in [9.17, 15) is 0 Å². The van der Waals surface area contributed by atoms with Crippen molar-refractivity contribution in [1.29, 1.82) is 0 Å². The third kappa shape index (κ3) is 7.06. The van der Waals surface area contributed by atoms with E-state index in [2.05, 4.69) is 247 Å². The van der Waals surface area contributed by atoms with Crippen LogP contribution in [0.2, 0.25) is 0 Å². The Kier molecular flexibility index (Phi) is 9.50. The van der Waals surface area contributed by atoms with Gasteiger partial charge < -0.3 is 4.57 Å². The summed E-state index contributed by atoms with van der Waals surface area (Å²) < 4.78 is 2.38. The molecule has 0 radical (unpaired) electrons. The van der Waals surface area contributed by atoms with Crippen LogP contribution in [0.5, 0.6) is 0 Å². The van der Waals surface area contributed by atoms with Gasteiger partial charge in [-0.3, -0.25) is 0 Å². The van der Waals surface area contributed by atoms with Crippen LogP contribution in [0.25, 0.3) is 117 Å². The van der Waals surface area contributed by atoms with Gasteiger partial charge >= 0.3 is 0 Å². The molecule has 12 aromatic rings. The minimum Gasteiger partial charge on any atom is -0.309 e. The highest BCUT2D eigenvalue weighted by Crippen LogP contribution is 2.44. The number of para-hydroxylation sites is 1. The largest absolute Gasteiger partial charge is 0.309 e. The molecule has 12 rings (SSSR count). The molecule has 2 aromatic heterocycles. The third-order valence-corrected chi connectivity index (χ3v) is 12.6. The normalized spacial score (nSPS) is 11.4. The fourth-order valence-electron chi connectivity index (χ4n) is 9.45. The Hall–Kier alpha value is -8.66. The summed E-state index contributed by atoms with van der Waals surface area (Å²) in [7, 11) is 0. The van der Waals surface area contributed by atoms with Gasteiger partial charge in [-0.1, -0.05) is 194 Å². The van der Waals surface area contributed by atoms with Crippen molar-refractivity contribution in [2.75, 3.05) is 0 Å². The highest BCUT2D eigenvalue weighted by Gasteiger charge is 2.20. The fraction of sp³-hybridized carbons (Fsp3) is 0. The monoisotopic (exact) mass is 827 g/mol. The maximum absolute atomic E-state index is 5.43. The van der Waals surface area contributed by atoms with Crippen molar-refractivity contribution in [2.45, 2.75) is 0 Å². The average molecular weight is 828 g/mol. The van der Waals surface area contributed by atoms with Gasteiger partial charge in [0.1, 0.15) is 0 Å². The van der Waals surface area contributed by atoms with Crippen LogP contribution in [-0.2, 0) is 0 Å². The number of hydrogen-bond acceptors (Lipinski definition) is 2. The van der Waals surface area contributed by atoms with E-state index in [1.807, 2.05) is 6.07 Å². The van der Waals surface area contributed by atoms with Crippen LogP contribution in [0.4, 0.5) is 0 Å². The second-order valence-corrected chi connectivity index (χ2v) is 16.6. The van der Waals surface area contributed by atoms with E-state index >= 15 is 0 Å². The minimum absolute atomic E-state index is 0.672. The van der Waals surface area contributed by atoms with E-state index in [1.54, 1.807) is 0 Å². The van der Waals surface area contributed by atoms with Crippen molar-refractivity contribution < 1.29 is 0 Å². The molecule has 65 heavy (non-hydrogen) atoms. The zero-order chi connectivity index (χ0) is 43.1. The number of hydrogen-bond donors (Lipinski definition) is 0. The van der Waals surface area contributed by atoms with Crippen molar-refractivity contribution in [3.05, 3.63) is 249 Å². The molecular formula is C62H41N3. The molecule has 0 aliphatic heterocycles. The molecule has 0 saturated heterocycles. The van der Waals surface area contributed by atoms with Gasteiger partial charge in [0.05, 0.1) is 22.4 Å². The lowest BCUT2D eigenvalue weighted by atomic mass is 9.84. The first-order valence-corrected chi connectivity index (χ1v) is 22.1. The Labute approximate surface area is 378 Å². The maximum atomic E-state index is 5.43. The van der Waals surface area contributed by atoms with Crippen LogP contribution >= 0.6 is 0 Å². The predicted molar refractivity (Wildman–Crippen MR) is 272 cm³/mol. The zero-order valence-corrected chi connectivity index (χ0v) is 35.5. The molecule has 0 amide bonds. The molecule has 2 heterocycles. The first-order valence-electron chi connectivity index (χ1n) is 22.1. The molecule has 0 spiro atoms. The predicted octanol–water partition coefficient (Wildman–Crippen LogP) is 16.4. The van der Waals surface area contributed by atoms with Crippen molar-refractivity contribution in [3.63, 3.8) is 0 Å². The molecule has 0 N–H and O–H groups in total. The molecule has 0 aliphatic rings. The van der Waals surface area contributed by atoms with Gasteiger partial charge in [-0.15, -0.1) is 0 Å². The first kappa shape index (κ1) is 38.0. The summed E-state index contributed by atoms with van der Waals surface area (Å²) in [5.41, 5.74) is 17.4. The summed E-state index contributed by atoms with van der Waals surface area (Å²) in [5.74, 6) is 0.672. The number of benzene rings is 10. The van der Waals surface area contributed by atoms with E-state index in [-0.39, 0.29) is 0 Å². The van der Waals surface area contributed by atoms with E-state index in [0.29, 0.717) is 5.82 Å². The van der Waals surface area contributed by atoms with Crippen molar-refractivity contribution in [3.8, 4) is 84.1 Å². The summed E-state index contributed by atoms with van der Waals surface area (Å²) in [6, 6.07) is 88.9. The lowest BCUT2D eigenvalue weighted by Crippen LogP contribution is -1.97. The Balaban J connectivity index is 1.07. The number of rotatable bonds is 8. The second kappa shape index (κ2) is 16.2. The molecule has 3 heteroatoms. The molecule has 0 fully saturated rings. The Morgan fingerprint density at radius 3 is 1.46 bits per heavy atom. The molecule has 304 valence electrons. The van der Waals surface area contributed by atoms with Crippen LogP contribution < -0.4 is 0 Å². The van der Waals surface area contributed by atoms with Crippen molar-refractivity contribution in [1.82, 2.24) is 14.5 Å². The lowest BCUT2D eigenvalue weighted by Gasteiger charge is -2.19. The quantitative estimate of drug-likeness (QED) is 0.153. The van der Waals surface area contributed by atoms with Gasteiger partial charge in [0.2, 0.25) is 0 Å². The fourth-order valence-corrected chi connectivity index (χ4v) is 9.45. The number of nitrogens with zero attached hydrogens (tertiary/aromatic N) is 3. The summed E-state index contributed by atoms with van der Waals surface area (Å²) in [5, 5.41) is 4.84. The summed E-state index contributed by atoms with van der Waals surface area (Å²) in [6.45, 7) is 0. The van der Waals surface area contributed by atoms with E-state index in [4.69, 9.17) is 9.97 Å². The molecule has 3 nitrogen and oxygen atoms in total. The number of fused-ring (bicyclic) bond motifs is 4. The van der Waals surface area contributed by atoms with Crippen LogP contribution in [-0.4, -0.2) is 14.5 Å². The summed E-state index contributed by atoms with van der Waals surface area (Å²) in [6.07, 6.45) is 0. The Morgan fingerprint density at radius 1 is 0.277 bits per heavy atom. The van der Waals surface area contributed by atoms with Crippen molar-refractivity contribution >= 4 is 32.6 Å². The maximum Gasteiger partial charge on any atom is 0.160 e. The molecule has 0 saturated carbocycles. The SMILES string of the molecule is c1ccc(-c2cc(-c3ccccc3)c(-c3ccccc3)c(-c3cccc(-c4cc(-c5ccccc5)nc(-c5ccc6c7cc8ccccc8cc7n(-c7ccccc7)c6c5)n4)c3)c2)cc1. The van der Waals surface area contributed by atoms with Gasteiger partial charge in [-0.25, -0.2) is 9.97 Å². The molecule has 0 atom stereocenters. The lowest BCUT2D eigenvalue weighted by molar-refractivity contribution is 1.17. The van der Waals surface area contributed by atoms with Gasteiger partial charge in [-0.2, -0.15) is 0 Å². The van der Waals surface area contributed by atoms with Crippen LogP contribution in [0.15, 0.2) is 249 Å². The molecule has 0 aliphatic carbocycles. The smallest absolute Gasteiger partial charge is 0.160 e. The Bertz CT molecular complexity index is 3670. The van der Waals surface area contributed by atoms with E-state index < -0.39 is 0 Å². The average Bonchev–Trinajstić information content (AvgIpc) is 3.71. The summed E-state index contributed by atoms with van der Waals surface area (Å²) >= 11 is 0. The van der Waals surface area contributed by atoms with Crippen LogP contribution in [0, 0.1) is 0 Å². The minimum atomic E-state index is 0.672. The number of aromatic nitrogens is 3. The second-order valence-electron chi connectivity index (χ2n) is 16.6. The van der Waals surface area contributed by atoms with E-state index in [1.165, 1.54) is 54.9 Å². The third-order valence-electron chi connectivity index (χ3n) is 12.6. The first-order chi connectivity index (χ1) is 32.2. The van der Waals surface area contributed by atoms with Gasteiger partial charge in [-0.05, 0) is 110 Å². The molecule has 0 bridgehead atoms. The zero-order valence-electron chi connectivity index (χ0n) is 35.5. The van der Waals surface area contributed by atoms with Crippen LogP contribution in [0.3, 0.4) is 0 Å². The topological polar surface area (TPSA) is 30.7 Å². The highest BCUT2D eigenvalue weighted by molar-refractivity contribution is 6.14. The van der Waals surface area contributed by atoms with Gasteiger partial charge in [0.15, 0.2) is 5.82 Å². The van der Waals surface area contributed by atoms with Crippen molar-refractivity contribution in [2.24, 2.45) is 0 Å². The highest BCUT2D eigenvalue weighted by atomic mass is 15.0. The van der Waals surface area contributed by atoms with Gasteiger partial charge in [0, 0.05) is 33.2 Å². The Morgan fingerprint density at radius 2 is 0.785 bits per heavy atom.